The van der Waals surface area contributed by atoms with E-state index < -0.39 is 144 Å². The lowest BCUT2D eigenvalue weighted by atomic mass is 9.85. The third-order valence-electron chi connectivity index (χ3n) is 23.4. The smallest absolute Gasteiger partial charge is 0.136 e. The van der Waals surface area contributed by atoms with Crippen LogP contribution in [0.4, 0.5) is 0 Å². The highest BCUT2D eigenvalue weighted by Crippen LogP contribution is 2.51. The fourth-order valence-electron chi connectivity index (χ4n) is 17.9. The van der Waals surface area contributed by atoms with Gasteiger partial charge in [-0.3, -0.25) is 4.98 Å². The zero-order valence-corrected chi connectivity index (χ0v) is 67.7. The van der Waals surface area contributed by atoms with Crippen LogP contribution in [-0.4, -0.2) is 4.98 Å². The Hall–Kier alpha value is -17.1. The van der Waals surface area contributed by atoms with Gasteiger partial charge in [0.15, 0.2) is 0 Å². The van der Waals surface area contributed by atoms with Crippen molar-refractivity contribution in [2.24, 2.45) is 0 Å². The van der Waals surface area contributed by atoms with Crippen molar-refractivity contribution in [1.29, 1.82) is 0 Å². The molecule has 4 nitrogen and oxygen atoms in total. The zero-order chi connectivity index (χ0) is 115. The van der Waals surface area contributed by atoms with E-state index in [0.29, 0.717) is 44.2 Å². The van der Waals surface area contributed by atoms with E-state index in [1.54, 1.807) is 66.7 Å². The van der Waals surface area contributed by atoms with Crippen LogP contribution in [0.15, 0.2) is 492 Å². The van der Waals surface area contributed by atoms with Crippen LogP contribution < -0.4 is 0 Å². The molecule has 0 N–H and O–H groups in total. The van der Waals surface area contributed by atoms with Crippen molar-refractivity contribution in [3.05, 3.63) is 479 Å². The molecule has 0 fully saturated rings. The number of fused-ring (bicyclic) bond motifs is 15. The van der Waals surface area contributed by atoms with E-state index in [1.165, 1.54) is 30.5 Å². The number of rotatable bonds is 11. The second kappa shape index (κ2) is 34.9. The number of para-hydroxylation sites is 3. The normalized spacial score (nSPS) is 14.9. The second-order valence-corrected chi connectivity index (χ2v) is 30.6. The molecule has 0 saturated heterocycles. The second-order valence-electron chi connectivity index (χ2n) is 30.6. The monoisotopic (exact) mass is 1720 g/mol. The molecule has 26 aromatic rings. The highest BCUT2D eigenvalue weighted by Gasteiger charge is 2.25. The summed E-state index contributed by atoms with van der Waals surface area (Å²) in [6.07, 6.45) is 1.48. The third-order valence-corrected chi connectivity index (χ3v) is 23.4. The van der Waals surface area contributed by atoms with Gasteiger partial charge in [0.05, 0.1) is 52.3 Å². The molecule has 4 heterocycles. The van der Waals surface area contributed by atoms with E-state index in [9.17, 15) is 15.1 Å². The first-order valence-corrected chi connectivity index (χ1v) is 41.3. The third kappa shape index (κ3) is 14.3. The van der Waals surface area contributed by atoms with E-state index >= 15 is 0 Å². The molecular weight excluding hydrogens is 1600 g/mol. The summed E-state index contributed by atoms with van der Waals surface area (Å²) >= 11 is 0. The Labute approximate surface area is 815 Å². The summed E-state index contributed by atoms with van der Waals surface area (Å²) in [4.78, 5) is 4.51. The number of benzene rings is 22. The molecule has 0 bridgehead atoms. The Balaban J connectivity index is 0.000000143. The van der Waals surface area contributed by atoms with Crippen molar-refractivity contribution < 1.29 is 59.9 Å². The van der Waals surface area contributed by atoms with Gasteiger partial charge in [-0.2, -0.15) is 0 Å². The van der Waals surface area contributed by atoms with Crippen LogP contribution in [0.25, 0.3) is 253 Å². The van der Waals surface area contributed by atoms with Gasteiger partial charge in [-0.1, -0.05) is 434 Å². The Morgan fingerprint density at radius 2 is 0.500 bits per heavy atom. The van der Waals surface area contributed by atoms with Crippen molar-refractivity contribution in [1.82, 2.24) is 4.98 Å². The number of hydrogen-bond acceptors (Lipinski definition) is 4. The minimum Gasteiger partial charge on any atom is -0.456 e. The largest absolute Gasteiger partial charge is 0.456 e. The Kier molecular flexibility index (Phi) is 13.8. The van der Waals surface area contributed by atoms with Crippen molar-refractivity contribution in [2.75, 3.05) is 0 Å². The maximum absolute atomic E-state index is 9.31. The fraction of sp³-hybridized carbons (Fsp3) is 0.0234. The number of furan rings is 3. The van der Waals surface area contributed by atoms with Gasteiger partial charge >= 0.3 is 0 Å². The maximum Gasteiger partial charge on any atom is 0.136 e. The summed E-state index contributed by atoms with van der Waals surface area (Å²) in [5.41, 5.74) is 9.77. The van der Waals surface area contributed by atoms with Crippen molar-refractivity contribution in [3.63, 3.8) is 0 Å². The fourth-order valence-corrected chi connectivity index (χ4v) is 17.9. The molecule has 22 aromatic carbocycles. The SMILES string of the molecule is C.C.C.[2H]c1c([2H])c(-c2c3ccccc3c(-c3ccccc3)c3ccccc23)c([2H])c([2H])c1-c1c([2H])c([2H])c2oc3ccccc3c2c1[2H].[2H]c1c([2H])c([2H])c(-c2c3c([2H])c([2H])c([2H])c([2H])c3c(-c3ccc(-c4c([2H])c([2H])c5oc6c([2H])c([2H])c([2H])c([2H])c6c5c4-c4ccccn4)cc3)c3c([2H])c([2H])c([2H])c([2H])c23)c([2H])c1[2H].[2H]c1c([2H])c([2H])c2c(-c3ccc(-c4ccc5oc6ccccc6c5c4-c4ccccc4)cc3)c3c([2H])c([2H])c([2H])c([2H])c3c(-c3ccccc3)c2c1[2H]. The average molecular weight is 1730 g/mol. The predicted octanol–water partition coefficient (Wildman–Crippen LogP) is 37.3. The van der Waals surface area contributed by atoms with Crippen LogP contribution in [0.3, 0.4) is 0 Å². The number of nitrogens with zero attached hydrogens (tertiary/aromatic N) is 1. The Bertz CT molecular complexity index is 10800. The molecule has 4 heteroatoms. The highest BCUT2D eigenvalue weighted by atomic mass is 16.3. The lowest BCUT2D eigenvalue weighted by Crippen LogP contribution is -1.91. The van der Waals surface area contributed by atoms with Crippen LogP contribution in [-0.2, 0) is 0 Å². The first kappa shape index (κ1) is 52.3. The van der Waals surface area contributed by atoms with Crippen molar-refractivity contribution in [3.8, 4) is 123 Å². The lowest BCUT2D eigenvalue weighted by molar-refractivity contribution is 0.668. The van der Waals surface area contributed by atoms with Crippen molar-refractivity contribution in [2.45, 2.75) is 22.3 Å². The van der Waals surface area contributed by atoms with Gasteiger partial charge in [-0.15, -0.1) is 0 Å². The Morgan fingerprint density at radius 1 is 0.167 bits per heavy atom. The molecule has 0 spiro atoms. The number of aromatic nitrogens is 1. The van der Waals surface area contributed by atoms with Crippen molar-refractivity contribution >= 4 is 130 Å². The first-order chi connectivity index (χ1) is 78.2. The van der Waals surface area contributed by atoms with E-state index in [-0.39, 0.29) is 216 Å². The van der Waals surface area contributed by atoms with Gasteiger partial charge < -0.3 is 13.3 Å². The highest BCUT2D eigenvalue weighted by molar-refractivity contribution is 6.26. The lowest BCUT2D eigenvalue weighted by Gasteiger charge is -2.18. The molecule has 0 radical (unpaired) electrons. The molecule has 0 aliphatic carbocycles. The van der Waals surface area contributed by atoms with Gasteiger partial charge in [0, 0.05) is 49.6 Å². The van der Waals surface area contributed by atoms with E-state index in [4.69, 9.17) is 44.8 Å². The molecule has 0 unspecified atom stereocenters. The summed E-state index contributed by atoms with van der Waals surface area (Å²) in [7, 11) is 0. The minimum atomic E-state index is -0.782. The summed E-state index contributed by atoms with van der Waals surface area (Å²) in [5, 5.41) is 5.85. The first-order valence-electron chi connectivity index (χ1n) is 58.3. The quantitative estimate of drug-likeness (QED) is 0.121. The summed E-state index contributed by atoms with van der Waals surface area (Å²) in [6, 6.07) is 65.1. The van der Waals surface area contributed by atoms with Crippen LogP contribution in [0.5, 0.6) is 0 Å². The standard InChI is InChI=1S/C44H28O.C43H27NO.C38H24O.3CH4/c1-3-13-30(14-4-1)41-34-17-7-9-19-36(34)42(37-20-10-8-18-35(37)41)32-25-23-29(24-26-32)33-27-28-40-44(38-21-11-12-22-39(38)45-40)43(33)31-15-5-2-6-16-31;1-2-12-29(13-3-1)40-32-14-4-6-16-34(32)41(35-17-7-5-15-33(35)40)30-23-21-28(22-24-30)31-25-26-39-43(36-18-8-9-20-38(36)45-39)42(31)37-19-10-11-27-44-37;1-2-10-26(11-3-1)37-30-13-4-6-15-32(30)38(33-16-7-5-14-31(33)37)27-20-18-25(19-21-27)28-22-23-36-34(24-28)29-12-8-9-17-35(29)39-36;;;/h1-28H;1-27H;1-24H;3*1H4/i7D,8D,9D,10D,17D,18D,19D,20D;1D,2D,3D,4D,5D,6D,7D,8D,9D,12D,13D,14D,15D,16D,17D,18D,20D,25D,26D;18D,19D,20D,21D,22D,23D,24D;;;. The maximum atomic E-state index is 9.31. The van der Waals surface area contributed by atoms with Gasteiger partial charge in [0.25, 0.3) is 0 Å². The van der Waals surface area contributed by atoms with Gasteiger partial charge in [0.1, 0.15) is 33.5 Å². The van der Waals surface area contributed by atoms with Gasteiger partial charge in [-0.05, 0) is 231 Å². The molecule has 0 aliphatic heterocycles. The van der Waals surface area contributed by atoms with Crippen LogP contribution in [0.1, 0.15) is 68.9 Å². The molecule has 0 saturated carbocycles. The minimum absolute atomic E-state index is 0. The molecule has 0 atom stereocenters. The molecule has 626 valence electrons. The number of pyridine rings is 1. The van der Waals surface area contributed by atoms with Crippen LogP contribution in [0, 0.1) is 0 Å². The molecule has 0 aliphatic rings. The van der Waals surface area contributed by atoms with Crippen LogP contribution >= 0.6 is 0 Å². The van der Waals surface area contributed by atoms with Gasteiger partial charge in [0.2, 0.25) is 0 Å². The van der Waals surface area contributed by atoms with Gasteiger partial charge in [-0.25, -0.2) is 0 Å². The topological polar surface area (TPSA) is 52.3 Å². The average Bonchev–Trinajstić information content (AvgIpc) is 1.67. The molecule has 0 amide bonds. The van der Waals surface area contributed by atoms with E-state index in [2.05, 4.69) is 35.3 Å². The van der Waals surface area contributed by atoms with E-state index in [0.717, 1.165) is 76.9 Å². The summed E-state index contributed by atoms with van der Waals surface area (Å²) < 4.78 is 320. The van der Waals surface area contributed by atoms with Crippen LogP contribution in [0.2, 0.25) is 0 Å². The zero-order valence-electron chi connectivity index (χ0n) is 102. The summed E-state index contributed by atoms with van der Waals surface area (Å²) in [6.45, 7) is 0. The number of hydrogen-bond donors (Lipinski definition) is 0. The summed E-state index contributed by atoms with van der Waals surface area (Å²) in [5.74, 6) is 0. The Morgan fingerprint density at radius 3 is 1.00 bits per heavy atom. The van der Waals surface area contributed by atoms with E-state index in [1.807, 2.05) is 146 Å². The molecular formula is C128H91NO3. The molecule has 132 heavy (non-hydrogen) atoms. The molecule has 26 rings (SSSR count). The molecule has 4 aromatic heterocycles. The predicted molar refractivity (Wildman–Crippen MR) is 564 cm³/mol.